The Balaban J connectivity index is 0. The van der Waals surface area contributed by atoms with Crippen LogP contribution in [0.4, 0.5) is 0 Å². The van der Waals surface area contributed by atoms with Crippen LogP contribution in [0, 0.1) is 0 Å². The van der Waals surface area contributed by atoms with Gasteiger partial charge in [-0.25, -0.2) is 0 Å². The Morgan fingerprint density at radius 2 is 1.00 bits per heavy atom. The highest BCUT2D eigenvalue weighted by Crippen LogP contribution is 2.09. The zero-order valence-corrected chi connectivity index (χ0v) is 21.7. The van der Waals surface area contributed by atoms with Crippen molar-refractivity contribution in [2.45, 2.75) is 129 Å². The third-order valence-electron chi connectivity index (χ3n) is 5.16. The van der Waals surface area contributed by atoms with E-state index in [1.807, 2.05) is 0 Å². The molecule has 0 aliphatic carbocycles. The van der Waals surface area contributed by atoms with Crippen LogP contribution in [0.1, 0.15) is 129 Å². The van der Waals surface area contributed by atoms with Crippen molar-refractivity contribution in [1.29, 1.82) is 0 Å². The lowest BCUT2D eigenvalue weighted by atomic mass is 10.1. The first-order valence-electron chi connectivity index (χ1n) is 13.5. The number of allylic oxidation sites excluding steroid dienone is 8. The van der Waals surface area contributed by atoms with Gasteiger partial charge in [0.2, 0.25) is 0 Å². The Morgan fingerprint density at radius 1 is 0.576 bits per heavy atom. The second-order valence-electron chi connectivity index (χ2n) is 8.48. The van der Waals surface area contributed by atoms with Gasteiger partial charge in [0.05, 0.1) is 0 Å². The number of aldehydes is 1. The maximum absolute atomic E-state index is 10.2. The molecule has 0 aromatic rings. The minimum Gasteiger partial charge on any atom is -0.481 e. The van der Waals surface area contributed by atoms with Gasteiger partial charge in [-0.1, -0.05) is 114 Å². The van der Waals surface area contributed by atoms with Gasteiger partial charge in [-0.3, -0.25) is 4.79 Å². The Kier molecular flexibility index (Phi) is 32.5. The van der Waals surface area contributed by atoms with Crippen LogP contribution in [-0.4, -0.2) is 17.4 Å². The van der Waals surface area contributed by atoms with Gasteiger partial charge in [-0.2, -0.15) is 0 Å². The molecule has 0 aliphatic rings. The fourth-order valence-electron chi connectivity index (χ4n) is 3.17. The summed E-state index contributed by atoms with van der Waals surface area (Å²) in [5, 5.41) is 8.44. The fraction of sp³-hybridized carbons (Fsp3) is 0.667. The number of carbonyl (C=O) groups is 2. The Hall–Kier alpha value is -1.90. The fourth-order valence-corrected chi connectivity index (χ4v) is 3.17. The summed E-state index contributed by atoms with van der Waals surface area (Å²) in [6.07, 6.45) is 38.2. The normalized spacial score (nSPS) is 11.6. The van der Waals surface area contributed by atoms with E-state index >= 15 is 0 Å². The molecule has 0 bridgehead atoms. The van der Waals surface area contributed by atoms with Gasteiger partial charge in [0.1, 0.15) is 6.29 Å². The minimum absolute atomic E-state index is 0.321. The van der Waals surface area contributed by atoms with E-state index in [2.05, 4.69) is 62.5 Å². The Bertz CT molecular complexity index is 515. The summed E-state index contributed by atoms with van der Waals surface area (Å²) in [6.45, 7) is 4.32. The third kappa shape index (κ3) is 37.7. The van der Waals surface area contributed by atoms with Crippen molar-refractivity contribution in [2.75, 3.05) is 0 Å². The second kappa shape index (κ2) is 32.3. The van der Waals surface area contributed by atoms with Crippen molar-refractivity contribution in [3.63, 3.8) is 0 Å². The summed E-state index contributed by atoms with van der Waals surface area (Å²) in [5.41, 5.74) is 0. The van der Waals surface area contributed by atoms with Crippen molar-refractivity contribution < 1.29 is 14.7 Å². The number of unbranched alkanes of at least 4 members (excludes halogenated alkanes) is 13. The lowest BCUT2D eigenvalue weighted by Gasteiger charge is -1.98. The van der Waals surface area contributed by atoms with E-state index in [0.29, 0.717) is 6.42 Å². The first-order valence-corrected chi connectivity index (χ1v) is 13.5. The van der Waals surface area contributed by atoms with Crippen LogP contribution in [0.3, 0.4) is 0 Å². The van der Waals surface area contributed by atoms with E-state index in [1.165, 1.54) is 64.2 Å². The molecule has 3 nitrogen and oxygen atoms in total. The quantitative estimate of drug-likeness (QED) is 0.0993. The van der Waals surface area contributed by atoms with Crippen LogP contribution in [-0.2, 0) is 9.59 Å². The SMILES string of the molecule is CC/C=C/C=C\CCCCCCCC(=O)O.CCC/C=C\C=C\CCCCCCCCC=O. The zero-order valence-electron chi connectivity index (χ0n) is 21.7. The molecule has 3 heteroatoms. The molecule has 190 valence electrons. The van der Waals surface area contributed by atoms with Gasteiger partial charge < -0.3 is 9.90 Å². The number of hydrogen-bond acceptors (Lipinski definition) is 2. The molecule has 0 heterocycles. The number of carboxylic acid groups (broad SMARTS) is 1. The average molecular weight is 461 g/mol. The van der Waals surface area contributed by atoms with Crippen molar-refractivity contribution in [2.24, 2.45) is 0 Å². The smallest absolute Gasteiger partial charge is 0.303 e. The van der Waals surface area contributed by atoms with Crippen molar-refractivity contribution in [3.05, 3.63) is 48.6 Å². The molecule has 1 N–H and O–H groups in total. The number of aliphatic carboxylic acids is 1. The van der Waals surface area contributed by atoms with E-state index in [1.54, 1.807) is 0 Å². The van der Waals surface area contributed by atoms with Gasteiger partial charge in [-0.05, 0) is 51.4 Å². The molecule has 0 radical (unpaired) electrons. The van der Waals surface area contributed by atoms with Crippen LogP contribution in [0.5, 0.6) is 0 Å². The number of hydrogen-bond donors (Lipinski definition) is 1. The van der Waals surface area contributed by atoms with Gasteiger partial charge in [0.25, 0.3) is 0 Å². The van der Waals surface area contributed by atoms with Crippen LogP contribution in [0.2, 0.25) is 0 Å². The minimum atomic E-state index is -0.675. The molecule has 0 saturated heterocycles. The molecule has 0 unspecified atom stereocenters. The predicted molar refractivity (Wildman–Crippen MR) is 145 cm³/mol. The third-order valence-corrected chi connectivity index (χ3v) is 5.16. The summed E-state index contributed by atoms with van der Waals surface area (Å²) < 4.78 is 0. The molecule has 0 rings (SSSR count). The molecule has 0 aromatic heterocycles. The van der Waals surface area contributed by atoms with Crippen LogP contribution < -0.4 is 0 Å². The van der Waals surface area contributed by atoms with Crippen LogP contribution in [0.15, 0.2) is 48.6 Å². The highest BCUT2D eigenvalue weighted by molar-refractivity contribution is 5.66. The lowest BCUT2D eigenvalue weighted by molar-refractivity contribution is -0.137. The van der Waals surface area contributed by atoms with Crippen molar-refractivity contribution >= 4 is 12.3 Å². The van der Waals surface area contributed by atoms with Crippen molar-refractivity contribution in [1.82, 2.24) is 0 Å². The van der Waals surface area contributed by atoms with E-state index in [-0.39, 0.29) is 0 Å². The summed E-state index contributed by atoms with van der Waals surface area (Å²) in [4.78, 5) is 20.3. The molecule has 0 fully saturated rings. The molecule has 0 saturated carbocycles. The van der Waals surface area contributed by atoms with E-state index < -0.39 is 5.97 Å². The standard InChI is InChI=1S/C16H28O.C14H24O2/c1-2-3-4-5-6-7-8-9-10-11-12-13-14-15-16-17;1-2-3-4-5-6-7-8-9-10-11-12-13-14(15)16/h4-7,16H,2-3,8-15H2,1H3;3-6H,2,7-13H2,1H3,(H,15,16)/b5-4-,7-6+;4-3+,6-5-. The highest BCUT2D eigenvalue weighted by atomic mass is 16.4. The summed E-state index contributed by atoms with van der Waals surface area (Å²) in [7, 11) is 0. The first-order chi connectivity index (χ1) is 16.2. The molecular weight excluding hydrogens is 408 g/mol. The van der Waals surface area contributed by atoms with E-state index in [4.69, 9.17) is 5.11 Å². The van der Waals surface area contributed by atoms with Gasteiger partial charge in [-0.15, -0.1) is 0 Å². The van der Waals surface area contributed by atoms with Crippen LogP contribution in [0.25, 0.3) is 0 Å². The summed E-state index contributed by atoms with van der Waals surface area (Å²) in [5.74, 6) is -0.675. The molecule has 0 aliphatic heterocycles. The maximum atomic E-state index is 10.2. The molecule has 33 heavy (non-hydrogen) atoms. The summed E-state index contributed by atoms with van der Waals surface area (Å²) >= 11 is 0. The largest absolute Gasteiger partial charge is 0.481 e. The predicted octanol–water partition coefficient (Wildman–Crippen LogP) is 9.54. The van der Waals surface area contributed by atoms with Gasteiger partial charge in [0, 0.05) is 12.8 Å². The average Bonchev–Trinajstić information content (AvgIpc) is 2.81. The van der Waals surface area contributed by atoms with Gasteiger partial charge in [0.15, 0.2) is 0 Å². The summed E-state index contributed by atoms with van der Waals surface area (Å²) in [6, 6.07) is 0. The Morgan fingerprint density at radius 3 is 1.45 bits per heavy atom. The lowest BCUT2D eigenvalue weighted by Crippen LogP contribution is -1.93. The molecule has 0 spiro atoms. The number of carboxylic acids is 1. The molecule has 0 aromatic carbocycles. The molecule has 0 atom stereocenters. The van der Waals surface area contributed by atoms with Crippen molar-refractivity contribution in [3.8, 4) is 0 Å². The Labute approximate surface area is 205 Å². The zero-order chi connectivity index (χ0) is 24.7. The second-order valence-corrected chi connectivity index (χ2v) is 8.48. The topological polar surface area (TPSA) is 54.4 Å². The number of rotatable bonds is 22. The maximum Gasteiger partial charge on any atom is 0.303 e. The van der Waals surface area contributed by atoms with Gasteiger partial charge >= 0.3 is 5.97 Å². The molecular formula is C30H52O3. The van der Waals surface area contributed by atoms with Crippen LogP contribution >= 0.6 is 0 Å². The monoisotopic (exact) mass is 460 g/mol. The molecule has 0 amide bonds. The number of carbonyl (C=O) groups excluding carboxylic acids is 1. The highest BCUT2D eigenvalue weighted by Gasteiger charge is 1.95. The first kappa shape index (κ1) is 33.3. The van der Waals surface area contributed by atoms with E-state index in [9.17, 15) is 9.59 Å². The van der Waals surface area contributed by atoms with E-state index in [0.717, 1.165) is 51.2 Å².